The number of nitrogens with zero attached hydrogens (tertiary/aromatic N) is 2. The van der Waals surface area contributed by atoms with Crippen LogP contribution in [0.25, 0.3) is 6.08 Å². The third-order valence-corrected chi connectivity index (χ3v) is 5.05. The maximum atomic E-state index is 12.2. The van der Waals surface area contributed by atoms with Gasteiger partial charge in [-0.2, -0.15) is 4.99 Å². The summed E-state index contributed by atoms with van der Waals surface area (Å²) in [5.41, 5.74) is 0.754. The minimum Gasteiger partial charge on any atom is -0.496 e. The normalized spacial score (nSPS) is 19.0. The highest BCUT2D eigenvalue weighted by Gasteiger charge is 2.28. The molecule has 0 aliphatic carbocycles. The zero-order chi connectivity index (χ0) is 17.1. The molecule has 2 aliphatic rings. The molecule has 1 amide bonds. The molecular weight excluding hydrogens is 328 g/mol. The SMILES string of the molecule is COc1cc(OC)c(OC)cc1/C=C1\SC(N2CCCC2)=NC1=O. The molecule has 2 aliphatic heterocycles. The van der Waals surface area contributed by atoms with Crippen LogP contribution in [-0.2, 0) is 4.79 Å². The number of amidine groups is 1. The van der Waals surface area contributed by atoms with Gasteiger partial charge in [0.15, 0.2) is 16.7 Å². The van der Waals surface area contributed by atoms with Crippen LogP contribution >= 0.6 is 11.8 Å². The van der Waals surface area contributed by atoms with Gasteiger partial charge in [-0.15, -0.1) is 0 Å². The van der Waals surface area contributed by atoms with Crippen molar-refractivity contribution in [1.29, 1.82) is 0 Å². The quantitative estimate of drug-likeness (QED) is 0.780. The third kappa shape index (κ3) is 3.21. The Morgan fingerprint density at radius 2 is 1.67 bits per heavy atom. The van der Waals surface area contributed by atoms with Gasteiger partial charge >= 0.3 is 0 Å². The predicted molar refractivity (Wildman–Crippen MR) is 94.9 cm³/mol. The maximum absolute atomic E-state index is 12.2. The van der Waals surface area contributed by atoms with Crippen LogP contribution in [0.15, 0.2) is 22.0 Å². The molecule has 24 heavy (non-hydrogen) atoms. The van der Waals surface area contributed by atoms with E-state index in [1.165, 1.54) is 11.8 Å². The molecule has 0 N–H and O–H groups in total. The summed E-state index contributed by atoms with van der Waals surface area (Å²) in [6, 6.07) is 3.55. The van der Waals surface area contributed by atoms with Crippen molar-refractivity contribution in [3.63, 3.8) is 0 Å². The second-order valence-corrected chi connectivity index (χ2v) is 6.46. The second kappa shape index (κ2) is 7.17. The van der Waals surface area contributed by atoms with E-state index in [1.807, 2.05) is 0 Å². The Bertz CT molecular complexity index is 709. The van der Waals surface area contributed by atoms with Crippen LogP contribution in [0.5, 0.6) is 17.2 Å². The summed E-state index contributed by atoms with van der Waals surface area (Å²) >= 11 is 1.41. The zero-order valence-corrected chi connectivity index (χ0v) is 14.8. The van der Waals surface area contributed by atoms with Crippen LogP contribution < -0.4 is 14.2 Å². The van der Waals surface area contributed by atoms with E-state index < -0.39 is 0 Å². The van der Waals surface area contributed by atoms with Crippen molar-refractivity contribution in [2.45, 2.75) is 12.8 Å². The van der Waals surface area contributed by atoms with Crippen LogP contribution in [0, 0.1) is 0 Å². The van der Waals surface area contributed by atoms with Crippen molar-refractivity contribution in [2.75, 3.05) is 34.4 Å². The van der Waals surface area contributed by atoms with E-state index in [1.54, 1.807) is 39.5 Å². The molecule has 128 valence electrons. The zero-order valence-electron chi connectivity index (χ0n) is 14.0. The van der Waals surface area contributed by atoms with Gasteiger partial charge in [0, 0.05) is 24.7 Å². The summed E-state index contributed by atoms with van der Waals surface area (Å²) in [5.74, 6) is 1.57. The van der Waals surface area contributed by atoms with Gasteiger partial charge in [0.2, 0.25) is 0 Å². The molecule has 2 heterocycles. The number of hydrogen-bond acceptors (Lipinski definition) is 6. The summed E-state index contributed by atoms with van der Waals surface area (Å²) in [4.78, 5) is 19.2. The number of carbonyl (C=O) groups is 1. The largest absolute Gasteiger partial charge is 0.496 e. The fraction of sp³-hybridized carbons (Fsp3) is 0.412. The molecule has 0 aromatic heterocycles. The lowest BCUT2D eigenvalue weighted by molar-refractivity contribution is -0.113. The van der Waals surface area contributed by atoms with Crippen molar-refractivity contribution >= 4 is 28.9 Å². The third-order valence-electron chi connectivity index (χ3n) is 4.01. The van der Waals surface area contributed by atoms with Crippen molar-refractivity contribution in [1.82, 2.24) is 4.90 Å². The molecule has 3 rings (SSSR count). The highest BCUT2D eigenvalue weighted by atomic mass is 32.2. The molecule has 1 aromatic rings. The summed E-state index contributed by atoms with van der Waals surface area (Å²) in [5, 5.41) is 0.795. The average molecular weight is 348 g/mol. The number of benzene rings is 1. The highest BCUT2D eigenvalue weighted by Crippen LogP contribution is 2.38. The smallest absolute Gasteiger partial charge is 0.286 e. The Hall–Kier alpha value is -2.15. The first-order chi connectivity index (χ1) is 11.7. The van der Waals surface area contributed by atoms with Gasteiger partial charge in [0.1, 0.15) is 5.75 Å². The lowest BCUT2D eigenvalue weighted by Crippen LogP contribution is -2.23. The molecule has 6 nitrogen and oxygen atoms in total. The van der Waals surface area contributed by atoms with Gasteiger partial charge in [-0.05, 0) is 36.7 Å². The minimum absolute atomic E-state index is 0.210. The molecule has 0 spiro atoms. The molecule has 0 atom stereocenters. The van der Waals surface area contributed by atoms with E-state index in [0.717, 1.165) is 36.7 Å². The van der Waals surface area contributed by atoms with Crippen LogP contribution in [0.2, 0.25) is 0 Å². The van der Waals surface area contributed by atoms with E-state index in [9.17, 15) is 4.79 Å². The van der Waals surface area contributed by atoms with E-state index >= 15 is 0 Å². The average Bonchev–Trinajstić information content (AvgIpc) is 3.24. The standard InChI is InChI=1S/C17H20N2O4S/c1-21-12-10-14(23-3)13(22-2)8-11(12)9-15-16(20)18-17(24-15)19-6-4-5-7-19/h8-10H,4-7H2,1-3H3/b15-9-. The molecule has 0 bridgehead atoms. The van der Waals surface area contributed by atoms with Gasteiger partial charge in [-0.3, -0.25) is 4.79 Å². The van der Waals surface area contributed by atoms with E-state index in [2.05, 4.69) is 9.89 Å². The van der Waals surface area contributed by atoms with Crippen molar-refractivity contribution in [3.05, 3.63) is 22.6 Å². The minimum atomic E-state index is -0.210. The van der Waals surface area contributed by atoms with E-state index in [0.29, 0.717) is 22.2 Å². The van der Waals surface area contributed by atoms with Gasteiger partial charge in [-0.25, -0.2) is 0 Å². The molecule has 0 radical (unpaired) electrons. The number of ether oxygens (including phenoxy) is 3. The Labute approximate surface area is 145 Å². The van der Waals surface area contributed by atoms with Gasteiger partial charge in [-0.1, -0.05) is 0 Å². The lowest BCUT2D eigenvalue weighted by atomic mass is 10.1. The summed E-state index contributed by atoms with van der Waals surface area (Å²) in [7, 11) is 4.73. The van der Waals surface area contributed by atoms with Crippen LogP contribution in [0.3, 0.4) is 0 Å². The van der Waals surface area contributed by atoms with Crippen molar-refractivity contribution in [3.8, 4) is 17.2 Å². The number of hydrogen-bond donors (Lipinski definition) is 0. The molecular formula is C17H20N2O4S. The predicted octanol–water partition coefficient (Wildman–Crippen LogP) is 2.78. The topological polar surface area (TPSA) is 60.4 Å². The van der Waals surface area contributed by atoms with Crippen LogP contribution in [-0.4, -0.2) is 50.4 Å². The maximum Gasteiger partial charge on any atom is 0.286 e. The van der Waals surface area contributed by atoms with E-state index in [4.69, 9.17) is 14.2 Å². The molecule has 1 saturated heterocycles. The fourth-order valence-electron chi connectivity index (χ4n) is 2.75. The molecule has 1 fully saturated rings. The first kappa shape index (κ1) is 16.7. The lowest BCUT2D eigenvalue weighted by Gasteiger charge is -2.15. The summed E-state index contributed by atoms with van der Waals surface area (Å²) in [6.07, 6.45) is 4.09. The first-order valence-corrected chi connectivity index (χ1v) is 8.55. The number of rotatable bonds is 4. The highest BCUT2D eigenvalue weighted by molar-refractivity contribution is 8.18. The van der Waals surface area contributed by atoms with Gasteiger partial charge in [0.05, 0.1) is 26.2 Å². The van der Waals surface area contributed by atoms with Gasteiger partial charge in [0.25, 0.3) is 5.91 Å². The summed E-state index contributed by atoms with van der Waals surface area (Å²) < 4.78 is 16.0. The second-order valence-electron chi connectivity index (χ2n) is 5.45. The Morgan fingerprint density at radius 3 is 2.29 bits per heavy atom. The number of aliphatic imine (C=N–C) groups is 1. The number of methoxy groups -OCH3 is 3. The Kier molecular flexibility index (Phi) is 4.99. The molecule has 1 aromatic carbocycles. The van der Waals surface area contributed by atoms with E-state index in [-0.39, 0.29) is 5.91 Å². The monoisotopic (exact) mass is 348 g/mol. The van der Waals surface area contributed by atoms with Crippen LogP contribution in [0.4, 0.5) is 0 Å². The first-order valence-electron chi connectivity index (χ1n) is 7.73. The number of carbonyl (C=O) groups excluding carboxylic acids is 1. The van der Waals surface area contributed by atoms with Crippen molar-refractivity contribution in [2.24, 2.45) is 4.99 Å². The van der Waals surface area contributed by atoms with Crippen molar-refractivity contribution < 1.29 is 19.0 Å². The fourth-order valence-corrected chi connectivity index (χ4v) is 3.70. The molecule has 0 saturated carbocycles. The number of thioether (sulfide) groups is 1. The van der Waals surface area contributed by atoms with Gasteiger partial charge < -0.3 is 19.1 Å². The Morgan fingerprint density at radius 1 is 1.04 bits per heavy atom. The summed E-state index contributed by atoms with van der Waals surface area (Å²) in [6.45, 7) is 1.93. The number of likely N-dealkylation sites (tertiary alicyclic amines) is 1. The Balaban J connectivity index is 1.89. The number of amides is 1. The molecule has 0 unspecified atom stereocenters. The molecule has 7 heteroatoms. The van der Waals surface area contributed by atoms with Crippen LogP contribution in [0.1, 0.15) is 18.4 Å².